The SMILES string of the molecule is CCc1ccc(C)c(C(C)=C(C)C)c1. The minimum absolute atomic E-state index is 1.11. The van der Waals surface area contributed by atoms with Crippen molar-refractivity contribution in [1.82, 2.24) is 0 Å². The van der Waals surface area contributed by atoms with Crippen LogP contribution in [-0.2, 0) is 6.42 Å². The van der Waals surface area contributed by atoms with Crippen LogP contribution in [0.3, 0.4) is 0 Å². The second kappa shape index (κ2) is 4.45. The minimum Gasteiger partial charge on any atom is -0.0729 e. The molecule has 0 bridgehead atoms. The molecular weight excluding hydrogens is 168 g/mol. The van der Waals surface area contributed by atoms with Crippen LogP contribution in [0, 0.1) is 6.92 Å². The maximum Gasteiger partial charge on any atom is -0.0196 e. The number of aryl methyl sites for hydroxylation is 2. The summed E-state index contributed by atoms with van der Waals surface area (Å²) in [5.74, 6) is 0. The van der Waals surface area contributed by atoms with Gasteiger partial charge in [-0.05, 0) is 56.4 Å². The summed E-state index contributed by atoms with van der Waals surface area (Å²) in [6.45, 7) is 10.9. The lowest BCUT2D eigenvalue weighted by Crippen LogP contribution is -1.90. The van der Waals surface area contributed by atoms with E-state index in [4.69, 9.17) is 0 Å². The van der Waals surface area contributed by atoms with Gasteiger partial charge < -0.3 is 0 Å². The van der Waals surface area contributed by atoms with Gasteiger partial charge in [0.1, 0.15) is 0 Å². The van der Waals surface area contributed by atoms with Gasteiger partial charge in [-0.3, -0.25) is 0 Å². The second-order valence-corrected chi connectivity index (χ2v) is 4.13. The van der Waals surface area contributed by atoms with Crippen LogP contribution in [-0.4, -0.2) is 0 Å². The van der Waals surface area contributed by atoms with E-state index >= 15 is 0 Å². The first kappa shape index (κ1) is 11.0. The van der Waals surface area contributed by atoms with Crippen LogP contribution in [0.4, 0.5) is 0 Å². The minimum atomic E-state index is 1.11. The molecule has 0 saturated heterocycles. The predicted molar refractivity (Wildman–Crippen MR) is 64.5 cm³/mol. The topological polar surface area (TPSA) is 0 Å². The van der Waals surface area contributed by atoms with E-state index < -0.39 is 0 Å². The zero-order chi connectivity index (χ0) is 10.7. The Labute approximate surface area is 87.7 Å². The zero-order valence-electron chi connectivity index (χ0n) is 9.94. The lowest BCUT2D eigenvalue weighted by Gasteiger charge is -2.10. The molecule has 0 aliphatic carbocycles. The Balaban J connectivity index is 3.26. The summed E-state index contributed by atoms with van der Waals surface area (Å²) in [5.41, 5.74) is 7.02. The van der Waals surface area contributed by atoms with Crippen molar-refractivity contribution in [3.8, 4) is 0 Å². The molecule has 0 nitrogen and oxygen atoms in total. The fourth-order valence-corrected chi connectivity index (χ4v) is 1.56. The summed E-state index contributed by atoms with van der Waals surface area (Å²) in [5, 5.41) is 0. The first-order valence-corrected chi connectivity index (χ1v) is 5.30. The highest BCUT2D eigenvalue weighted by atomic mass is 14.1. The third-order valence-electron chi connectivity index (χ3n) is 2.86. The van der Waals surface area contributed by atoms with Crippen LogP contribution in [0.5, 0.6) is 0 Å². The van der Waals surface area contributed by atoms with E-state index in [2.05, 4.69) is 52.8 Å². The van der Waals surface area contributed by atoms with Gasteiger partial charge in [-0.1, -0.05) is 30.7 Å². The van der Waals surface area contributed by atoms with Crippen molar-refractivity contribution >= 4 is 5.57 Å². The molecule has 0 aromatic heterocycles. The van der Waals surface area contributed by atoms with Gasteiger partial charge in [-0.2, -0.15) is 0 Å². The Kier molecular flexibility index (Phi) is 3.51. The number of hydrogen-bond donors (Lipinski definition) is 0. The van der Waals surface area contributed by atoms with Gasteiger partial charge in [0.05, 0.1) is 0 Å². The fourth-order valence-electron chi connectivity index (χ4n) is 1.56. The molecule has 0 fully saturated rings. The Bertz CT molecular complexity index is 352. The lowest BCUT2D eigenvalue weighted by atomic mass is 9.96. The molecule has 0 spiro atoms. The number of hydrogen-bond acceptors (Lipinski definition) is 0. The molecule has 0 unspecified atom stereocenters. The summed E-state index contributed by atoms with van der Waals surface area (Å²) in [4.78, 5) is 0. The van der Waals surface area contributed by atoms with Gasteiger partial charge in [0, 0.05) is 0 Å². The molecule has 0 amide bonds. The summed E-state index contributed by atoms with van der Waals surface area (Å²) < 4.78 is 0. The van der Waals surface area contributed by atoms with Crippen molar-refractivity contribution in [2.24, 2.45) is 0 Å². The molecule has 0 aliphatic heterocycles. The average Bonchev–Trinajstić information content (AvgIpc) is 2.17. The van der Waals surface area contributed by atoms with Crippen molar-refractivity contribution in [2.45, 2.75) is 41.0 Å². The van der Waals surface area contributed by atoms with E-state index in [1.807, 2.05) is 0 Å². The van der Waals surface area contributed by atoms with E-state index in [9.17, 15) is 0 Å². The summed E-state index contributed by atoms with van der Waals surface area (Å²) in [6, 6.07) is 6.76. The maximum absolute atomic E-state index is 2.32. The summed E-state index contributed by atoms with van der Waals surface area (Å²) in [6.07, 6.45) is 1.11. The molecule has 1 rings (SSSR count). The van der Waals surface area contributed by atoms with Gasteiger partial charge in [0.2, 0.25) is 0 Å². The molecule has 0 radical (unpaired) electrons. The monoisotopic (exact) mass is 188 g/mol. The second-order valence-electron chi connectivity index (χ2n) is 4.13. The highest BCUT2D eigenvalue weighted by Crippen LogP contribution is 2.22. The molecule has 14 heavy (non-hydrogen) atoms. The Morgan fingerprint density at radius 1 is 1.14 bits per heavy atom. The fraction of sp³-hybridized carbons (Fsp3) is 0.429. The Hall–Kier alpha value is -1.04. The summed E-state index contributed by atoms with van der Waals surface area (Å²) in [7, 11) is 0. The Morgan fingerprint density at radius 2 is 1.79 bits per heavy atom. The molecule has 0 N–H and O–H groups in total. The molecule has 0 aliphatic rings. The highest BCUT2D eigenvalue weighted by Gasteiger charge is 2.02. The van der Waals surface area contributed by atoms with Crippen LogP contribution in [0.25, 0.3) is 5.57 Å². The van der Waals surface area contributed by atoms with Crippen molar-refractivity contribution in [2.75, 3.05) is 0 Å². The average molecular weight is 188 g/mol. The van der Waals surface area contributed by atoms with Gasteiger partial charge in [-0.25, -0.2) is 0 Å². The molecule has 0 heteroatoms. The highest BCUT2D eigenvalue weighted by molar-refractivity contribution is 5.69. The van der Waals surface area contributed by atoms with E-state index in [1.165, 1.54) is 27.8 Å². The normalized spacial score (nSPS) is 10.1. The third-order valence-corrected chi connectivity index (χ3v) is 2.86. The van der Waals surface area contributed by atoms with Gasteiger partial charge in [0.15, 0.2) is 0 Å². The van der Waals surface area contributed by atoms with Gasteiger partial charge in [0.25, 0.3) is 0 Å². The number of allylic oxidation sites excluding steroid dienone is 2. The largest absolute Gasteiger partial charge is 0.0729 e. The first-order chi connectivity index (χ1) is 6.56. The lowest BCUT2D eigenvalue weighted by molar-refractivity contribution is 1.13. The molecule has 0 atom stereocenters. The van der Waals surface area contributed by atoms with E-state index in [1.54, 1.807) is 0 Å². The Morgan fingerprint density at radius 3 is 2.29 bits per heavy atom. The molecule has 0 saturated carbocycles. The molecule has 0 heterocycles. The first-order valence-electron chi connectivity index (χ1n) is 5.30. The van der Waals surface area contributed by atoms with Crippen LogP contribution < -0.4 is 0 Å². The molecule has 1 aromatic rings. The molecule has 76 valence electrons. The smallest absolute Gasteiger partial charge is 0.0196 e. The van der Waals surface area contributed by atoms with Crippen molar-refractivity contribution < 1.29 is 0 Å². The quantitative estimate of drug-likeness (QED) is 0.646. The molecular formula is C14H20. The third kappa shape index (κ3) is 2.25. The standard InChI is InChI=1S/C14H20/c1-6-13-8-7-11(4)14(9-13)12(5)10(2)3/h7-9H,6H2,1-5H3. The van der Waals surface area contributed by atoms with Gasteiger partial charge in [-0.15, -0.1) is 0 Å². The predicted octanol–water partition coefficient (Wildman–Crippen LogP) is 4.37. The zero-order valence-corrected chi connectivity index (χ0v) is 9.94. The van der Waals surface area contributed by atoms with Crippen molar-refractivity contribution in [3.63, 3.8) is 0 Å². The maximum atomic E-state index is 2.32. The van der Waals surface area contributed by atoms with Crippen molar-refractivity contribution in [3.05, 3.63) is 40.5 Å². The van der Waals surface area contributed by atoms with E-state index in [0.29, 0.717) is 0 Å². The van der Waals surface area contributed by atoms with E-state index in [0.717, 1.165) is 6.42 Å². The van der Waals surface area contributed by atoms with Crippen LogP contribution >= 0.6 is 0 Å². The van der Waals surface area contributed by atoms with Crippen LogP contribution in [0.2, 0.25) is 0 Å². The number of benzene rings is 1. The number of rotatable bonds is 2. The van der Waals surface area contributed by atoms with E-state index in [-0.39, 0.29) is 0 Å². The van der Waals surface area contributed by atoms with Crippen molar-refractivity contribution in [1.29, 1.82) is 0 Å². The van der Waals surface area contributed by atoms with Crippen LogP contribution in [0.1, 0.15) is 44.4 Å². The van der Waals surface area contributed by atoms with Gasteiger partial charge >= 0.3 is 0 Å². The summed E-state index contributed by atoms with van der Waals surface area (Å²) >= 11 is 0. The molecule has 1 aromatic carbocycles. The van der Waals surface area contributed by atoms with Crippen LogP contribution in [0.15, 0.2) is 23.8 Å².